The van der Waals surface area contributed by atoms with Crippen LogP contribution in [0.3, 0.4) is 0 Å². The molecule has 2 aliphatic heterocycles. The summed E-state index contributed by atoms with van der Waals surface area (Å²) in [4.78, 5) is 20.2. The van der Waals surface area contributed by atoms with Crippen molar-refractivity contribution in [1.29, 1.82) is 0 Å². The van der Waals surface area contributed by atoms with Crippen LogP contribution < -0.4 is 5.32 Å². The maximum absolute atomic E-state index is 13.2. The molecule has 2 unspecified atom stereocenters. The van der Waals surface area contributed by atoms with Gasteiger partial charge in [-0.05, 0) is 69.7 Å². The van der Waals surface area contributed by atoms with Gasteiger partial charge in [-0.3, -0.25) is 4.79 Å². The molecule has 27 heavy (non-hydrogen) atoms. The average molecular weight is 369 g/mol. The van der Waals surface area contributed by atoms with Crippen molar-refractivity contribution in [2.24, 2.45) is 11.8 Å². The lowest BCUT2D eigenvalue weighted by atomic mass is 9.84. The Morgan fingerprint density at radius 1 is 1.26 bits per heavy atom. The molecule has 1 amide bonds. The standard InChI is InChI=1S/C22H32N4O/c1-3-25-19-8-5-4-7-18(19)24-22(25)20-9-6-14-26(20)21(27)15-16(2)17-10-12-23-13-11-17/h4-5,7-8,16-17,20,23H,3,6,9-15H2,1-2H3. The van der Waals surface area contributed by atoms with Crippen LogP contribution in [0.15, 0.2) is 24.3 Å². The number of nitrogens with zero attached hydrogens (tertiary/aromatic N) is 3. The number of carbonyl (C=O) groups is 1. The van der Waals surface area contributed by atoms with Crippen LogP contribution in [0.25, 0.3) is 11.0 Å². The molecule has 0 aliphatic carbocycles. The van der Waals surface area contributed by atoms with Gasteiger partial charge in [0.25, 0.3) is 0 Å². The topological polar surface area (TPSA) is 50.2 Å². The molecule has 0 spiro atoms. The molecule has 0 saturated carbocycles. The van der Waals surface area contributed by atoms with E-state index < -0.39 is 0 Å². The fourth-order valence-corrected chi connectivity index (χ4v) is 4.99. The zero-order valence-corrected chi connectivity index (χ0v) is 16.7. The summed E-state index contributed by atoms with van der Waals surface area (Å²) in [6, 6.07) is 8.45. The lowest BCUT2D eigenvalue weighted by Crippen LogP contribution is -2.36. The molecule has 146 valence electrons. The Kier molecular flexibility index (Phi) is 5.48. The van der Waals surface area contributed by atoms with Crippen LogP contribution in [0.2, 0.25) is 0 Å². The number of hydrogen-bond acceptors (Lipinski definition) is 3. The van der Waals surface area contributed by atoms with Crippen molar-refractivity contribution in [1.82, 2.24) is 19.8 Å². The normalized spacial score (nSPS) is 22.4. The fourth-order valence-electron chi connectivity index (χ4n) is 4.99. The highest BCUT2D eigenvalue weighted by Gasteiger charge is 2.34. The second kappa shape index (κ2) is 8.01. The number of fused-ring (bicyclic) bond motifs is 1. The summed E-state index contributed by atoms with van der Waals surface area (Å²) in [5.74, 6) is 2.53. The van der Waals surface area contributed by atoms with E-state index in [1.165, 1.54) is 18.4 Å². The van der Waals surface area contributed by atoms with Gasteiger partial charge in [0.15, 0.2) is 0 Å². The minimum Gasteiger partial charge on any atom is -0.332 e. The predicted molar refractivity (Wildman–Crippen MR) is 108 cm³/mol. The summed E-state index contributed by atoms with van der Waals surface area (Å²) in [5.41, 5.74) is 2.22. The van der Waals surface area contributed by atoms with Crippen LogP contribution in [0.1, 0.15) is 57.8 Å². The highest BCUT2D eigenvalue weighted by atomic mass is 16.2. The summed E-state index contributed by atoms with van der Waals surface area (Å²) >= 11 is 0. The number of nitrogens with one attached hydrogen (secondary N) is 1. The average Bonchev–Trinajstić information content (AvgIpc) is 3.32. The van der Waals surface area contributed by atoms with Crippen LogP contribution in [0.5, 0.6) is 0 Å². The lowest BCUT2D eigenvalue weighted by Gasteiger charge is -2.31. The van der Waals surface area contributed by atoms with Crippen LogP contribution in [0.4, 0.5) is 0 Å². The molecular weight excluding hydrogens is 336 g/mol. The first-order chi connectivity index (χ1) is 13.2. The van der Waals surface area contributed by atoms with E-state index in [0.717, 1.165) is 50.4 Å². The third-order valence-corrected chi connectivity index (χ3v) is 6.56. The molecule has 1 N–H and O–H groups in total. The maximum atomic E-state index is 13.2. The van der Waals surface area contributed by atoms with Gasteiger partial charge in [-0.1, -0.05) is 19.1 Å². The molecule has 0 bridgehead atoms. The van der Waals surface area contributed by atoms with Crippen molar-refractivity contribution in [3.63, 3.8) is 0 Å². The van der Waals surface area contributed by atoms with E-state index >= 15 is 0 Å². The number of amides is 1. The van der Waals surface area contributed by atoms with E-state index in [9.17, 15) is 4.79 Å². The lowest BCUT2D eigenvalue weighted by molar-refractivity contribution is -0.133. The first kappa shape index (κ1) is 18.5. The molecular formula is C22H32N4O. The second-order valence-corrected chi connectivity index (χ2v) is 8.22. The largest absolute Gasteiger partial charge is 0.332 e. The van der Waals surface area contributed by atoms with E-state index in [0.29, 0.717) is 24.2 Å². The molecule has 1 aromatic carbocycles. The van der Waals surface area contributed by atoms with Crippen LogP contribution in [-0.2, 0) is 11.3 Å². The van der Waals surface area contributed by atoms with E-state index in [4.69, 9.17) is 4.98 Å². The van der Waals surface area contributed by atoms with Crippen LogP contribution in [-0.4, -0.2) is 40.0 Å². The summed E-state index contributed by atoms with van der Waals surface area (Å²) in [5, 5.41) is 3.43. The summed E-state index contributed by atoms with van der Waals surface area (Å²) in [6.07, 6.45) is 5.17. The molecule has 0 radical (unpaired) electrons. The van der Waals surface area contributed by atoms with E-state index in [2.05, 4.69) is 46.8 Å². The summed E-state index contributed by atoms with van der Waals surface area (Å²) < 4.78 is 2.29. The number of aryl methyl sites for hydroxylation is 1. The van der Waals surface area contributed by atoms with Gasteiger partial charge in [0, 0.05) is 19.5 Å². The van der Waals surface area contributed by atoms with Crippen LogP contribution >= 0.6 is 0 Å². The van der Waals surface area contributed by atoms with Crippen molar-refractivity contribution < 1.29 is 4.79 Å². The Labute approximate surface area is 162 Å². The Morgan fingerprint density at radius 3 is 2.81 bits per heavy atom. The Bertz CT molecular complexity index is 793. The second-order valence-electron chi connectivity index (χ2n) is 8.22. The fraction of sp³-hybridized carbons (Fsp3) is 0.636. The Hall–Kier alpha value is -1.88. The number of hydrogen-bond donors (Lipinski definition) is 1. The number of likely N-dealkylation sites (tertiary alicyclic amines) is 1. The number of para-hydroxylation sites is 2. The SMILES string of the molecule is CCn1c(C2CCCN2C(=O)CC(C)C2CCNCC2)nc2ccccc21. The number of benzene rings is 1. The third kappa shape index (κ3) is 3.62. The zero-order valence-electron chi connectivity index (χ0n) is 16.7. The zero-order chi connectivity index (χ0) is 18.8. The molecule has 2 fully saturated rings. The van der Waals surface area contributed by atoms with Gasteiger partial charge in [0.05, 0.1) is 17.1 Å². The van der Waals surface area contributed by atoms with Gasteiger partial charge in [0.1, 0.15) is 5.82 Å². The van der Waals surface area contributed by atoms with Gasteiger partial charge in [-0.2, -0.15) is 0 Å². The van der Waals surface area contributed by atoms with Crippen molar-refractivity contribution in [3.8, 4) is 0 Å². The maximum Gasteiger partial charge on any atom is 0.223 e. The molecule has 2 saturated heterocycles. The van der Waals surface area contributed by atoms with E-state index in [1.807, 2.05) is 6.07 Å². The van der Waals surface area contributed by atoms with Gasteiger partial charge < -0.3 is 14.8 Å². The van der Waals surface area contributed by atoms with Crippen molar-refractivity contribution in [2.75, 3.05) is 19.6 Å². The molecule has 1 aromatic heterocycles. The highest BCUT2D eigenvalue weighted by molar-refractivity contribution is 5.78. The molecule has 2 atom stereocenters. The van der Waals surface area contributed by atoms with Crippen molar-refractivity contribution in [3.05, 3.63) is 30.1 Å². The predicted octanol–water partition coefficient (Wildman–Crippen LogP) is 3.75. The Balaban J connectivity index is 1.53. The number of rotatable bonds is 5. The monoisotopic (exact) mass is 368 g/mol. The molecule has 2 aliphatic rings. The van der Waals surface area contributed by atoms with Crippen molar-refractivity contribution >= 4 is 16.9 Å². The minimum atomic E-state index is 0.130. The van der Waals surface area contributed by atoms with E-state index in [1.54, 1.807) is 0 Å². The summed E-state index contributed by atoms with van der Waals surface area (Å²) in [7, 11) is 0. The van der Waals surface area contributed by atoms with Gasteiger partial charge in [-0.15, -0.1) is 0 Å². The third-order valence-electron chi connectivity index (χ3n) is 6.56. The molecule has 5 heteroatoms. The molecule has 2 aromatic rings. The smallest absolute Gasteiger partial charge is 0.223 e. The van der Waals surface area contributed by atoms with Gasteiger partial charge in [-0.25, -0.2) is 4.98 Å². The van der Waals surface area contributed by atoms with E-state index in [-0.39, 0.29) is 6.04 Å². The molecule has 5 nitrogen and oxygen atoms in total. The number of carbonyl (C=O) groups excluding carboxylic acids is 1. The minimum absolute atomic E-state index is 0.130. The van der Waals surface area contributed by atoms with Crippen LogP contribution in [0, 0.1) is 11.8 Å². The number of aromatic nitrogens is 2. The summed E-state index contributed by atoms with van der Waals surface area (Å²) in [6.45, 7) is 8.37. The van der Waals surface area contributed by atoms with Gasteiger partial charge in [0.2, 0.25) is 5.91 Å². The molecule has 4 rings (SSSR count). The van der Waals surface area contributed by atoms with Crippen molar-refractivity contribution in [2.45, 2.75) is 58.5 Å². The quantitative estimate of drug-likeness (QED) is 0.874. The van der Waals surface area contributed by atoms with Gasteiger partial charge >= 0.3 is 0 Å². The highest BCUT2D eigenvalue weighted by Crippen LogP contribution is 2.35. The first-order valence-electron chi connectivity index (χ1n) is 10.6. The Morgan fingerprint density at radius 2 is 2.04 bits per heavy atom. The first-order valence-corrected chi connectivity index (χ1v) is 10.6. The number of imidazole rings is 1. The molecule has 3 heterocycles. The number of piperidine rings is 1.